The molecule has 1 aromatic carbocycles. The first-order valence-corrected chi connectivity index (χ1v) is 9.55. The maximum absolute atomic E-state index is 11.0. The molecule has 0 fully saturated rings. The van der Waals surface area contributed by atoms with E-state index in [2.05, 4.69) is 15.0 Å². The van der Waals surface area contributed by atoms with Gasteiger partial charge in [0.25, 0.3) is 0 Å². The number of carboxylic acid groups (broad SMARTS) is 1. The summed E-state index contributed by atoms with van der Waals surface area (Å²) in [6.07, 6.45) is 7.06. The summed E-state index contributed by atoms with van der Waals surface area (Å²) in [7, 11) is -4.67. The predicted molar refractivity (Wildman–Crippen MR) is 105 cm³/mol. The van der Waals surface area contributed by atoms with Crippen LogP contribution >= 0.6 is 0 Å². The van der Waals surface area contributed by atoms with E-state index in [-0.39, 0.29) is 6.42 Å². The Kier molecular flexibility index (Phi) is 7.31. The van der Waals surface area contributed by atoms with E-state index in [0.29, 0.717) is 12.2 Å². The molecule has 3 rings (SSSR count). The number of rotatable bonds is 5. The number of nitrogen functional groups attached to an aromatic ring is 1. The largest absolute Gasteiger partial charge is 0.481 e. The van der Waals surface area contributed by atoms with Crippen LogP contribution in [0.1, 0.15) is 12.0 Å². The minimum absolute atomic E-state index is 0.0578. The number of anilines is 1. The monoisotopic (exact) mass is 418 g/mol. The zero-order chi connectivity index (χ0) is 21.4. The van der Waals surface area contributed by atoms with Crippen LogP contribution in [-0.4, -0.2) is 43.6 Å². The van der Waals surface area contributed by atoms with Gasteiger partial charge >= 0.3 is 16.4 Å². The summed E-state index contributed by atoms with van der Waals surface area (Å²) < 4.78 is 31.6. The van der Waals surface area contributed by atoms with Crippen molar-refractivity contribution in [3.8, 4) is 22.3 Å². The Balaban J connectivity index is 0.000000537. The first kappa shape index (κ1) is 21.9. The van der Waals surface area contributed by atoms with Crippen molar-refractivity contribution in [1.82, 2.24) is 15.0 Å². The van der Waals surface area contributed by atoms with Crippen molar-refractivity contribution >= 4 is 22.2 Å². The van der Waals surface area contributed by atoms with Crippen molar-refractivity contribution < 1.29 is 27.4 Å². The van der Waals surface area contributed by atoms with Crippen molar-refractivity contribution in [1.29, 1.82) is 0 Å². The average Bonchev–Trinajstić information content (AvgIpc) is 2.65. The Morgan fingerprint density at radius 3 is 2.24 bits per heavy atom. The quantitative estimate of drug-likeness (QED) is 0.449. The number of hydrogen-bond donors (Lipinski definition) is 4. The van der Waals surface area contributed by atoms with Crippen LogP contribution in [0.4, 0.5) is 5.82 Å². The molecule has 0 bridgehead atoms. The number of carboxylic acids is 1. The zero-order valence-electron chi connectivity index (χ0n) is 15.0. The molecular formula is C18H18N4O6S. The highest BCUT2D eigenvalue weighted by atomic mass is 32.3. The fourth-order valence-corrected chi connectivity index (χ4v) is 2.57. The van der Waals surface area contributed by atoms with Gasteiger partial charge < -0.3 is 10.8 Å². The lowest BCUT2D eigenvalue weighted by atomic mass is 9.93. The molecule has 3 aromatic rings. The van der Waals surface area contributed by atoms with E-state index in [1.165, 1.54) is 6.33 Å². The number of pyridine rings is 1. The Bertz CT molecular complexity index is 1080. The van der Waals surface area contributed by atoms with E-state index >= 15 is 0 Å². The van der Waals surface area contributed by atoms with Gasteiger partial charge in [0.15, 0.2) is 0 Å². The summed E-state index contributed by atoms with van der Waals surface area (Å²) in [5.74, 6) is -0.402. The Morgan fingerprint density at radius 2 is 1.66 bits per heavy atom. The molecule has 5 N–H and O–H groups in total. The van der Waals surface area contributed by atoms with Crippen LogP contribution in [0.5, 0.6) is 0 Å². The van der Waals surface area contributed by atoms with Crippen LogP contribution in [0.15, 0.2) is 55.2 Å². The van der Waals surface area contributed by atoms with Gasteiger partial charge in [0.05, 0.1) is 0 Å². The van der Waals surface area contributed by atoms with E-state index in [9.17, 15) is 4.79 Å². The summed E-state index contributed by atoms with van der Waals surface area (Å²) >= 11 is 0. The van der Waals surface area contributed by atoms with Crippen LogP contribution in [0, 0.1) is 0 Å². The zero-order valence-corrected chi connectivity index (χ0v) is 15.8. The second-order valence-corrected chi connectivity index (χ2v) is 6.71. The lowest BCUT2D eigenvalue weighted by molar-refractivity contribution is -0.136. The highest BCUT2D eigenvalue weighted by Crippen LogP contribution is 2.30. The fraction of sp³-hybridized carbons (Fsp3) is 0.111. The highest BCUT2D eigenvalue weighted by Gasteiger charge is 2.10. The molecule has 152 valence electrons. The summed E-state index contributed by atoms with van der Waals surface area (Å²) in [5.41, 5.74) is 10.4. The molecule has 2 heterocycles. The lowest BCUT2D eigenvalue weighted by Gasteiger charge is -2.12. The van der Waals surface area contributed by atoms with Crippen LogP contribution < -0.4 is 5.73 Å². The third-order valence-corrected chi connectivity index (χ3v) is 3.70. The number of carbonyl (C=O) groups is 1. The Hall–Kier alpha value is -3.41. The molecule has 0 saturated carbocycles. The van der Waals surface area contributed by atoms with Gasteiger partial charge in [0.1, 0.15) is 12.1 Å². The van der Waals surface area contributed by atoms with E-state index in [1.807, 2.05) is 24.3 Å². The van der Waals surface area contributed by atoms with Gasteiger partial charge in [-0.15, -0.1) is 0 Å². The molecule has 0 atom stereocenters. The highest BCUT2D eigenvalue weighted by molar-refractivity contribution is 7.79. The number of aromatic nitrogens is 3. The van der Waals surface area contributed by atoms with Crippen molar-refractivity contribution in [2.45, 2.75) is 12.8 Å². The molecule has 11 heteroatoms. The molecule has 10 nitrogen and oxygen atoms in total. The van der Waals surface area contributed by atoms with Crippen molar-refractivity contribution in [3.63, 3.8) is 0 Å². The summed E-state index contributed by atoms with van der Waals surface area (Å²) in [6, 6.07) is 9.56. The lowest BCUT2D eigenvalue weighted by Crippen LogP contribution is -2.00. The van der Waals surface area contributed by atoms with Crippen LogP contribution in [0.25, 0.3) is 22.3 Å². The minimum Gasteiger partial charge on any atom is -0.481 e. The number of hydrogen-bond acceptors (Lipinski definition) is 7. The molecule has 0 aliphatic carbocycles. The summed E-state index contributed by atoms with van der Waals surface area (Å²) in [6.45, 7) is 0. The molecule has 0 saturated heterocycles. The van der Waals surface area contributed by atoms with Gasteiger partial charge in [-0.05, 0) is 40.8 Å². The maximum Gasteiger partial charge on any atom is 0.394 e. The Labute approximate surface area is 166 Å². The smallest absolute Gasteiger partial charge is 0.394 e. The fourth-order valence-electron chi connectivity index (χ4n) is 2.57. The number of nitrogens with zero attached hydrogens (tertiary/aromatic N) is 3. The number of benzene rings is 1. The van der Waals surface area contributed by atoms with Gasteiger partial charge in [0.2, 0.25) is 0 Å². The average molecular weight is 418 g/mol. The van der Waals surface area contributed by atoms with Crippen molar-refractivity contribution in [3.05, 3.63) is 60.8 Å². The Morgan fingerprint density at radius 1 is 1.00 bits per heavy atom. The molecule has 0 spiro atoms. The standard InChI is InChI=1S/C18H16N4O2.H2O4S/c19-17-8-14(5-6-22-17)16-3-1-12(15-9-20-11-21-10-15)7-13(16)2-4-18(23)24;1-5(2,3)4/h1,3,5-11H,2,4H2,(H2,19,22)(H,23,24);(H2,1,2,3,4). The molecular weight excluding hydrogens is 400 g/mol. The molecule has 2 aromatic heterocycles. The minimum atomic E-state index is -4.67. The van der Waals surface area contributed by atoms with E-state index in [0.717, 1.165) is 27.8 Å². The first-order chi connectivity index (χ1) is 13.6. The third kappa shape index (κ3) is 7.62. The molecule has 0 amide bonds. The third-order valence-electron chi connectivity index (χ3n) is 3.70. The van der Waals surface area contributed by atoms with Gasteiger partial charge in [-0.25, -0.2) is 15.0 Å². The van der Waals surface area contributed by atoms with E-state index in [4.69, 9.17) is 28.4 Å². The topological polar surface area (TPSA) is 177 Å². The maximum atomic E-state index is 11.0. The normalized spacial score (nSPS) is 10.7. The molecule has 29 heavy (non-hydrogen) atoms. The first-order valence-electron chi connectivity index (χ1n) is 8.15. The van der Waals surface area contributed by atoms with E-state index in [1.54, 1.807) is 24.7 Å². The molecule has 0 unspecified atom stereocenters. The second kappa shape index (κ2) is 9.68. The van der Waals surface area contributed by atoms with Crippen LogP contribution in [0.2, 0.25) is 0 Å². The van der Waals surface area contributed by atoms with Crippen LogP contribution in [0.3, 0.4) is 0 Å². The van der Waals surface area contributed by atoms with Gasteiger partial charge in [-0.1, -0.05) is 18.2 Å². The number of nitrogens with two attached hydrogens (primary N) is 1. The van der Waals surface area contributed by atoms with E-state index < -0.39 is 16.4 Å². The second-order valence-electron chi connectivity index (χ2n) is 5.81. The van der Waals surface area contributed by atoms with Crippen molar-refractivity contribution in [2.24, 2.45) is 0 Å². The van der Waals surface area contributed by atoms with Gasteiger partial charge in [-0.2, -0.15) is 8.42 Å². The number of aliphatic carboxylic acids is 1. The molecule has 0 radical (unpaired) electrons. The summed E-state index contributed by atoms with van der Waals surface area (Å²) in [4.78, 5) is 23.0. The predicted octanol–water partition coefficient (Wildman–Crippen LogP) is 2.15. The molecule has 0 aliphatic heterocycles. The SMILES string of the molecule is Nc1cc(-c2ccc(-c3cncnc3)cc2CCC(=O)O)ccn1.O=S(=O)(O)O. The van der Waals surface area contributed by atoms with Gasteiger partial charge in [0, 0.05) is 30.6 Å². The molecule has 0 aliphatic rings. The van der Waals surface area contributed by atoms with Crippen LogP contribution in [-0.2, 0) is 21.6 Å². The summed E-state index contributed by atoms with van der Waals surface area (Å²) in [5, 5.41) is 9.02. The van der Waals surface area contributed by atoms with Crippen molar-refractivity contribution in [2.75, 3.05) is 5.73 Å². The number of aryl methyl sites for hydroxylation is 1. The van der Waals surface area contributed by atoms with Gasteiger partial charge in [-0.3, -0.25) is 13.9 Å².